The Hall–Kier alpha value is -1.65. The second-order valence-corrected chi connectivity index (χ2v) is 6.59. The molecule has 1 aromatic heterocycles. The van der Waals surface area contributed by atoms with Gasteiger partial charge < -0.3 is 10.2 Å². The van der Waals surface area contributed by atoms with Crippen LogP contribution in [0.2, 0.25) is 0 Å². The first-order valence-electron chi connectivity index (χ1n) is 8.56. The number of carbonyl (C=O) groups is 1. The lowest BCUT2D eigenvalue weighted by molar-refractivity contribution is -0.120. The molecule has 22 heavy (non-hydrogen) atoms. The topological polar surface area (TPSA) is 58.1 Å². The lowest BCUT2D eigenvalue weighted by atomic mass is 9.88. The van der Waals surface area contributed by atoms with Gasteiger partial charge >= 0.3 is 0 Å². The van der Waals surface area contributed by atoms with Crippen molar-refractivity contribution in [3.63, 3.8) is 0 Å². The number of nitrogens with zero attached hydrogens (tertiary/aromatic N) is 3. The molecule has 1 saturated heterocycles. The Morgan fingerprint density at radius 2 is 1.59 bits per heavy atom. The normalized spacial score (nSPS) is 19.5. The van der Waals surface area contributed by atoms with E-state index in [0.717, 1.165) is 49.0 Å². The highest BCUT2D eigenvalue weighted by atomic mass is 16.1. The summed E-state index contributed by atoms with van der Waals surface area (Å²) in [6.45, 7) is 5.99. The molecular formula is C17H26N4O. The first-order chi connectivity index (χ1) is 10.6. The van der Waals surface area contributed by atoms with Crippen LogP contribution in [-0.4, -0.2) is 29.0 Å². The molecule has 2 aliphatic rings. The van der Waals surface area contributed by atoms with E-state index >= 15 is 0 Å². The van der Waals surface area contributed by atoms with Gasteiger partial charge in [-0.05, 0) is 39.5 Å². The van der Waals surface area contributed by atoms with Gasteiger partial charge in [0.05, 0.1) is 17.1 Å². The van der Waals surface area contributed by atoms with Crippen LogP contribution in [0.1, 0.15) is 56.3 Å². The molecule has 1 saturated carbocycles. The molecule has 0 unspecified atom stereocenters. The Labute approximate surface area is 132 Å². The summed E-state index contributed by atoms with van der Waals surface area (Å²) < 4.78 is 0. The fourth-order valence-electron chi connectivity index (χ4n) is 3.53. The highest BCUT2D eigenvalue weighted by Gasteiger charge is 2.23. The summed E-state index contributed by atoms with van der Waals surface area (Å²) in [5.41, 5.74) is 2.55. The maximum atomic E-state index is 12.4. The van der Waals surface area contributed by atoms with Crippen LogP contribution in [0.25, 0.3) is 0 Å². The van der Waals surface area contributed by atoms with Crippen molar-refractivity contribution >= 4 is 17.5 Å². The van der Waals surface area contributed by atoms with E-state index in [1.54, 1.807) is 0 Å². The summed E-state index contributed by atoms with van der Waals surface area (Å²) in [7, 11) is 0. The van der Waals surface area contributed by atoms with Crippen LogP contribution in [-0.2, 0) is 4.79 Å². The van der Waals surface area contributed by atoms with E-state index in [4.69, 9.17) is 0 Å². The Balaban J connectivity index is 1.74. The van der Waals surface area contributed by atoms with Gasteiger partial charge in [-0.1, -0.05) is 19.3 Å². The van der Waals surface area contributed by atoms with Crippen molar-refractivity contribution in [2.75, 3.05) is 23.3 Å². The van der Waals surface area contributed by atoms with Gasteiger partial charge in [-0.15, -0.1) is 0 Å². The third kappa shape index (κ3) is 3.23. The first kappa shape index (κ1) is 15.3. The minimum atomic E-state index is 0.142. The van der Waals surface area contributed by atoms with Crippen molar-refractivity contribution in [2.24, 2.45) is 5.92 Å². The number of carbonyl (C=O) groups excluding carboxylic acids is 1. The lowest BCUT2D eigenvalue weighted by Crippen LogP contribution is -2.27. The molecule has 0 spiro atoms. The van der Waals surface area contributed by atoms with Crippen molar-refractivity contribution in [3.8, 4) is 0 Å². The van der Waals surface area contributed by atoms with Crippen LogP contribution >= 0.6 is 0 Å². The molecule has 0 aromatic carbocycles. The highest BCUT2D eigenvalue weighted by Crippen LogP contribution is 2.27. The number of amides is 1. The monoisotopic (exact) mass is 302 g/mol. The van der Waals surface area contributed by atoms with Crippen LogP contribution in [0.5, 0.6) is 0 Å². The maximum Gasteiger partial charge on any atom is 0.227 e. The van der Waals surface area contributed by atoms with Gasteiger partial charge in [-0.2, -0.15) is 0 Å². The fourth-order valence-corrected chi connectivity index (χ4v) is 3.53. The Morgan fingerprint density at radius 3 is 2.18 bits per heavy atom. The predicted octanol–water partition coefficient (Wildman–Crippen LogP) is 3.21. The molecule has 1 aliphatic carbocycles. The van der Waals surface area contributed by atoms with E-state index in [1.807, 2.05) is 13.8 Å². The van der Waals surface area contributed by atoms with E-state index < -0.39 is 0 Å². The molecule has 1 aliphatic heterocycles. The minimum Gasteiger partial charge on any atom is -0.341 e. The van der Waals surface area contributed by atoms with Crippen molar-refractivity contribution < 1.29 is 4.79 Å². The van der Waals surface area contributed by atoms with Crippen LogP contribution in [0.4, 0.5) is 11.6 Å². The second kappa shape index (κ2) is 6.63. The fraction of sp³-hybridized carbons (Fsp3) is 0.706. The molecule has 5 heteroatoms. The average Bonchev–Trinajstić information content (AvgIpc) is 3.06. The van der Waals surface area contributed by atoms with Crippen molar-refractivity contribution in [1.82, 2.24) is 9.97 Å². The molecular weight excluding hydrogens is 276 g/mol. The Kier molecular flexibility index (Phi) is 4.60. The zero-order valence-corrected chi connectivity index (χ0v) is 13.7. The van der Waals surface area contributed by atoms with Gasteiger partial charge in [0.15, 0.2) is 0 Å². The SMILES string of the molecule is Cc1nc(N2CCCC2)nc(C)c1NC(=O)C1CCCCC1. The van der Waals surface area contributed by atoms with Crippen LogP contribution in [0.3, 0.4) is 0 Å². The van der Waals surface area contributed by atoms with Gasteiger partial charge in [-0.25, -0.2) is 9.97 Å². The third-order valence-corrected chi connectivity index (χ3v) is 4.87. The molecule has 3 rings (SSSR count). The summed E-state index contributed by atoms with van der Waals surface area (Å²) in [5, 5.41) is 3.08. The number of nitrogens with one attached hydrogen (secondary N) is 1. The molecule has 1 amide bonds. The van der Waals surface area contributed by atoms with E-state index in [1.165, 1.54) is 32.1 Å². The van der Waals surface area contributed by atoms with Crippen LogP contribution < -0.4 is 10.2 Å². The second-order valence-electron chi connectivity index (χ2n) is 6.59. The smallest absolute Gasteiger partial charge is 0.227 e. The average molecular weight is 302 g/mol. The Morgan fingerprint density at radius 1 is 1.00 bits per heavy atom. The quantitative estimate of drug-likeness (QED) is 0.931. The third-order valence-electron chi connectivity index (χ3n) is 4.87. The van der Waals surface area contributed by atoms with E-state index in [-0.39, 0.29) is 11.8 Å². The summed E-state index contributed by atoms with van der Waals surface area (Å²) in [5.74, 6) is 1.11. The molecule has 2 heterocycles. The highest BCUT2D eigenvalue weighted by molar-refractivity contribution is 5.93. The van der Waals surface area contributed by atoms with Gasteiger partial charge in [0, 0.05) is 19.0 Å². The Bertz CT molecular complexity index is 523. The first-order valence-corrected chi connectivity index (χ1v) is 8.56. The predicted molar refractivity (Wildman–Crippen MR) is 88.2 cm³/mol. The number of rotatable bonds is 3. The number of anilines is 2. The molecule has 1 aromatic rings. The molecule has 0 atom stereocenters. The lowest BCUT2D eigenvalue weighted by Gasteiger charge is -2.22. The summed E-state index contributed by atoms with van der Waals surface area (Å²) in [4.78, 5) is 23.9. The largest absolute Gasteiger partial charge is 0.341 e. The molecule has 0 bridgehead atoms. The van der Waals surface area contributed by atoms with Gasteiger partial charge in [0.25, 0.3) is 0 Å². The van der Waals surface area contributed by atoms with Gasteiger partial charge in [0.1, 0.15) is 0 Å². The van der Waals surface area contributed by atoms with Gasteiger partial charge in [-0.3, -0.25) is 4.79 Å². The van der Waals surface area contributed by atoms with E-state index in [9.17, 15) is 4.79 Å². The minimum absolute atomic E-state index is 0.142. The zero-order chi connectivity index (χ0) is 15.5. The summed E-state index contributed by atoms with van der Waals surface area (Å²) in [6, 6.07) is 0. The van der Waals surface area contributed by atoms with E-state index in [2.05, 4.69) is 20.2 Å². The number of aromatic nitrogens is 2. The standard InChI is InChI=1S/C17H26N4O/c1-12-15(20-16(22)14-8-4-3-5-9-14)13(2)19-17(18-12)21-10-6-7-11-21/h14H,3-11H2,1-2H3,(H,20,22). The molecule has 5 nitrogen and oxygen atoms in total. The molecule has 1 N–H and O–H groups in total. The number of aryl methyl sites for hydroxylation is 2. The zero-order valence-electron chi connectivity index (χ0n) is 13.7. The van der Waals surface area contributed by atoms with Crippen LogP contribution in [0, 0.1) is 19.8 Å². The number of hydrogen-bond acceptors (Lipinski definition) is 4. The molecule has 0 radical (unpaired) electrons. The van der Waals surface area contributed by atoms with Crippen molar-refractivity contribution in [3.05, 3.63) is 11.4 Å². The summed E-state index contributed by atoms with van der Waals surface area (Å²) >= 11 is 0. The maximum absolute atomic E-state index is 12.4. The van der Waals surface area contributed by atoms with Crippen molar-refractivity contribution in [2.45, 2.75) is 58.8 Å². The molecule has 120 valence electrons. The number of hydrogen-bond donors (Lipinski definition) is 1. The van der Waals surface area contributed by atoms with Crippen molar-refractivity contribution in [1.29, 1.82) is 0 Å². The summed E-state index contributed by atoms with van der Waals surface area (Å²) in [6.07, 6.45) is 8.03. The van der Waals surface area contributed by atoms with Crippen LogP contribution in [0.15, 0.2) is 0 Å². The van der Waals surface area contributed by atoms with Gasteiger partial charge in [0.2, 0.25) is 11.9 Å². The molecule has 2 fully saturated rings. The van der Waals surface area contributed by atoms with E-state index in [0.29, 0.717) is 0 Å².